The smallest absolute Gasteiger partial charge is 0.326 e. The second kappa shape index (κ2) is 5.56. The van der Waals surface area contributed by atoms with Crippen LogP contribution in [0.4, 0.5) is 0 Å². The number of aromatic nitrogens is 1. The van der Waals surface area contributed by atoms with E-state index in [1.165, 1.54) is 16.7 Å². The number of carboxylic acids is 1. The van der Waals surface area contributed by atoms with Gasteiger partial charge in [0.25, 0.3) is 0 Å². The van der Waals surface area contributed by atoms with E-state index in [1.807, 2.05) is 0 Å². The molecule has 0 aliphatic rings. The number of sulfone groups is 1. The van der Waals surface area contributed by atoms with E-state index in [4.69, 9.17) is 0 Å². The van der Waals surface area contributed by atoms with Crippen molar-refractivity contribution in [1.29, 1.82) is 0 Å². The first-order valence-corrected chi connectivity index (χ1v) is 7.78. The summed E-state index contributed by atoms with van der Waals surface area (Å²) in [5, 5.41) is 9.25. The predicted octanol–water partition coefficient (Wildman–Crippen LogP) is 0.526. The van der Waals surface area contributed by atoms with Crippen molar-refractivity contribution in [2.75, 3.05) is 12.0 Å². The highest BCUT2D eigenvalue weighted by Gasteiger charge is 2.23. The maximum Gasteiger partial charge on any atom is 0.326 e. The van der Waals surface area contributed by atoms with E-state index >= 15 is 0 Å². The summed E-state index contributed by atoms with van der Waals surface area (Å²) in [5.74, 6) is -1.33. The molecule has 0 radical (unpaired) electrons. The number of nitrogens with zero attached hydrogens (tertiary/aromatic N) is 1. The van der Waals surface area contributed by atoms with Crippen LogP contribution < -0.4 is 5.43 Å². The minimum atomic E-state index is -3.23. The van der Waals surface area contributed by atoms with Gasteiger partial charge in [0.15, 0.2) is 5.43 Å². The molecule has 0 saturated heterocycles. The molecule has 0 saturated carbocycles. The van der Waals surface area contributed by atoms with Crippen LogP contribution in [0.2, 0.25) is 0 Å². The molecular formula is C12H17NO5S. The molecular weight excluding hydrogens is 270 g/mol. The number of carboxylic acid groups (broad SMARTS) is 1. The first-order valence-electron chi connectivity index (χ1n) is 5.72. The number of aryl methyl sites for hydroxylation is 2. The summed E-state index contributed by atoms with van der Waals surface area (Å²) in [6.45, 7) is 3.26. The quantitative estimate of drug-likeness (QED) is 0.852. The third kappa shape index (κ3) is 4.20. The van der Waals surface area contributed by atoms with Crippen molar-refractivity contribution in [1.82, 2.24) is 4.57 Å². The standard InChI is InChI=1S/C12H17NO5S/c1-8-6-10(14)7-9(2)13(8)11(12(15)16)4-5-19(3,17)18/h6-7,11H,4-5H2,1-3H3,(H,15,16). The minimum absolute atomic E-state index is 0.0291. The van der Waals surface area contributed by atoms with Crippen molar-refractivity contribution in [2.45, 2.75) is 26.3 Å². The molecule has 1 atom stereocenters. The third-order valence-electron chi connectivity index (χ3n) is 2.82. The van der Waals surface area contributed by atoms with Crippen LogP contribution in [0.15, 0.2) is 16.9 Å². The summed E-state index contributed by atoms with van der Waals surface area (Å²) >= 11 is 0. The first-order chi connectivity index (χ1) is 8.61. The number of hydrogen-bond donors (Lipinski definition) is 1. The van der Waals surface area contributed by atoms with Gasteiger partial charge in [0, 0.05) is 29.8 Å². The molecule has 1 unspecified atom stereocenters. The van der Waals surface area contributed by atoms with Crippen LogP contribution in [0.5, 0.6) is 0 Å². The van der Waals surface area contributed by atoms with Gasteiger partial charge in [-0.05, 0) is 20.3 Å². The zero-order valence-corrected chi connectivity index (χ0v) is 11.9. The number of pyridine rings is 1. The van der Waals surface area contributed by atoms with Crippen molar-refractivity contribution < 1.29 is 18.3 Å². The van der Waals surface area contributed by atoms with Crippen molar-refractivity contribution in [3.8, 4) is 0 Å². The van der Waals surface area contributed by atoms with Gasteiger partial charge in [0.05, 0.1) is 5.75 Å². The topological polar surface area (TPSA) is 93.4 Å². The Labute approximate surface area is 111 Å². The Hall–Kier alpha value is -1.63. The first kappa shape index (κ1) is 15.4. The maximum absolute atomic E-state index is 11.3. The fourth-order valence-corrected chi connectivity index (χ4v) is 2.70. The molecule has 19 heavy (non-hydrogen) atoms. The summed E-state index contributed by atoms with van der Waals surface area (Å²) in [6.07, 6.45) is 1.04. The highest BCUT2D eigenvalue weighted by atomic mass is 32.2. The SMILES string of the molecule is Cc1cc(=O)cc(C)n1C(CCS(C)(=O)=O)C(=O)O. The highest BCUT2D eigenvalue weighted by molar-refractivity contribution is 7.90. The van der Waals surface area contributed by atoms with E-state index in [2.05, 4.69) is 0 Å². The average molecular weight is 287 g/mol. The Balaban J connectivity index is 3.21. The van der Waals surface area contributed by atoms with Crippen LogP contribution in [0.25, 0.3) is 0 Å². The second-order valence-electron chi connectivity index (χ2n) is 4.62. The van der Waals surface area contributed by atoms with Gasteiger partial charge in [-0.25, -0.2) is 13.2 Å². The van der Waals surface area contributed by atoms with Crippen molar-refractivity contribution in [3.63, 3.8) is 0 Å². The summed E-state index contributed by atoms with van der Waals surface area (Å²) in [4.78, 5) is 22.6. The summed E-state index contributed by atoms with van der Waals surface area (Å²) in [7, 11) is -3.23. The maximum atomic E-state index is 11.3. The monoisotopic (exact) mass is 287 g/mol. The second-order valence-corrected chi connectivity index (χ2v) is 6.88. The predicted molar refractivity (Wildman–Crippen MR) is 71.2 cm³/mol. The Morgan fingerprint density at radius 1 is 1.32 bits per heavy atom. The number of rotatable bonds is 5. The van der Waals surface area contributed by atoms with Crippen LogP contribution >= 0.6 is 0 Å². The Morgan fingerprint density at radius 2 is 1.79 bits per heavy atom. The van der Waals surface area contributed by atoms with E-state index in [1.54, 1.807) is 13.8 Å². The fraction of sp³-hybridized carbons (Fsp3) is 0.500. The van der Waals surface area contributed by atoms with Crippen LogP contribution in [-0.2, 0) is 14.6 Å². The van der Waals surface area contributed by atoms with Crippen LogP contribution in [0, 0.1) is 13.8 Å². The zero-order valence-electron chi connectivity index (χ0n) is 11.1. The van der Waals surface area contributed by atoms with Crippen LogP contribution in [-0.4, -0.2) is 36.1 Å². The van der Waals surface area contributed by atoms with Gasteiger partial charge >= 0.3 is 5.97 Å². The number of carbonyl (C=O) groups is 1. The molecule has 1 heterocycles. The van der Waals surface area contributed by atoms with Gasteiger partial charge in [-0.2, -0.15) is 0 Å². The van der Waals surface area contributed by atoms with Gasteiger partial charge in [-0.1, -0.05) is 0 Å². The lowest BCUT2D eigenvalue weighted by atomic mass is 10.1. The minimum Gasteiger partial charge on any atom is -0.480 e. The largest absolute Gasteiger partial charge is 0.480 e. The molecule has 0 spiro atoms. The lowest BCUT2D eigenvalue weighted by Crippen LogP contribution is -2.26. The van der Waals surface area contributed by atoms with Crippen molar-refractivity contribution in [3.05, 3.63) is 33.7 Å². The van der Waals surface area contributed by atoms with Gasteiger partial charge in [0.2, 0.25) is 0 Å². The molecule has 7 heteroatoms. The van der Waals surface area contributed by atoms with Crippen LogP contribution in [0.1, 0.15) is 23.9 Å². The fourth-order valence-electron chi connectivity index (χ4n) is 2.05. The Morgan fingerprint density at radius 3 is 2.16 bits per heavy atom. The van der Waals surface area contributed by atoms with Gasteiger partial charge in [0.1, 0.15) is 15.9 Å². The molecule has 0 amide bonds. The molecule has 0 fully saturated rings. The molecule has 1 aromatic rings. The molecule has 0 aliphatic heterocycles. The van der Waals surface area contributed by atoms with Gasteiger partial charge < -0.3 is 9.67 Å². The molecule has 1 N–H and O–H groups in total. The highest BCUT2D eigenvalue weighted by Crippen LogP contribution is 2.17. The van der Waals surface area contributed by atoms with E-state index in [9.17, 15) is 23.1 Å². The van der Waals surface area contributed by atoms with Crippen molar-refractivity contribution in [2.24, 2.45) is 0 Å². The third-order valence-corrected chi connectivity index (χ3v) is 3.80. The van der Waals surface area contributed by atoms with Gasteiger partial charge in [-0.15, -0.1) is 0 Å². The molecule has 6 nitrogen and oxygen atoms in total. The zero-order chi connectivity index (χ0) is 14.8. The molecule has 0 aliphatic carbocycles. The molecule has 106 valence electrons. The Kier molecular flexibility index (Phi) is 4.52. The van der Waals surface area contributed by atoms with E-state index in [0.29, 0.717) is 11.4 Å². The summed E-state index contributed by atoms with van der Waals surface area (Å²) < 4.78 is 23.8. The lowest BCUT2D eigenvalue weighted by Gasteiger charge is -2.21. The number of aliphatic carboxylic acids is 1. The van der Waals surface area contributed by atoms with Crippen molar-refractivity contribution >= 4 is 15.8 Å². The molecule has 1 aromatic heterocycles. The average Bonchev–Trinajstić information content (AvgIpc) is 2.19. The summed E-state index contributed by atoms with van der Waals surface area (Å²) in [6, 6.07) is 1.68. The molecule has 0 aromatic carbocycles. The van der Waals surface area contributed by atoms with Gasteiger partial charge in [-0.3, -0.25) is 4.79 Å². The van der Waals surface area contributed by atoms with Crippen LogP contribution in [0.3, 0.4) is 0 Å². The molecule has 0 bridgehead atoms. The number of hydrogen-bond acceptors (Lipinski definition) is 4. The Bertz CT molecular complexity index is 618. The summed E-state index contributed by atoms with van der Waals surface area (Å²) in [5.41, 5.74) is 0.815. The van der Waals surface area contributed by atoms with E-state index < -0.39 is 21.8 Å². The molecule has 1 rings (SSSR count). The normalized spacial score (nSPS) is 13.2. The lowest BCUT2D eigenvalue weighted by molar-refractivity contribution is -0.141. The van der Waals surface area contributed by atoms with E-state index in [0.717, 1.165) is 6.26 Å². The van der Waals surface area contributed by atoms with E-state index in [-0.39, 0.29) is 17.6 Å².